The van der Waals surface area contributed by atoms with Gasteiger partial charge in [0.15, 0.2) is 0 Å². The molecule has 7 aromatic rings. The summed E-state index contributed by atoms with van der Waals surface area (Å²) in [6.07, 6.45) is 3.72. The Labute approximate surface area is 258 Å². The molecule has 0 aliphatic heterocycles. The van der Waals surface area contributed by atoms with E-state index in [4.69, 9.17) is 9.97 Å². The highest BCUT2D eigenvalue weighted by atomic mass is 79.9. The van der Waals surface area contributed by atoms with Crippen LogP contribution >= 0.6 is 31.9 Å². The molecule has 0 spiro atoms. The van der Waals surface area contributed by atoms with Gasteiger partial charge in [-0.25, -0.2) is 9.97 Å². The summed E-state index contributed by atoms with van der Waals surface area (Å²) >= 11 is 6.92. The number of benzene rings is 5. The van der Waals surface area contributed by atoms with Gasteiger partial charge < -0.3 is 9.97 Å². The SMILES string of the molecule is Brc1ccc(C=Nc2ccc3nc(-c4ccc(-c5nc6ccc(N=Cc7ccc(Br)cc7)cc6[nH]5)cc4)[nH]c3c2)cc1. The first-order chi connectivity index (χ1) is 20.6. The van der Waals surface area contributed by atoms with Crippen LogP contribution in [0, 0.1) is 0 Å². The van der Waals surface area contributed by atoms with Crippen molar-refractivity contribution in [3.05, 3.63) is 129 Å². The molecule has 0 unspecified atom stereocenters. The maximum Gasteiger partial charge on any atom is 0.138 e. The van der Waals surface area contributed by atoms with Gasteiger partial charge in [-0.05, 0) is 71.8 Å². The quantitative estimate of drug-likeness (QED) is 0.172. The summed E-state index contributed by atoms with van der Waals surface area (Å²) in [6, 6.07) is 36.3. The van der Waals surface area contributed by atoms with Crippen molar-refractivity contribution < 1.29 is 0 Å². The molecule has 0 fully saturated rings. The first-order valence-electron chi connectivity index (χ1n) is 13.3. The highest BCUT2D eigenvalue weighted by Gasteiger charge is 2.09. The topological polar surface area (TPSA) is 82.1 Å². The lowest BCUT2D eigenvalue weighted by Crippen LogP contribution is -1.83. The van der Waals surface area contributed by atoms with Crippen LogP contribution in [0.25, 0.3) is 44.8 Å². The van der Waals surface area contributed by atoms with E-state index in [-0.39, 0.29) is 0 Å². The van der Waals surface area contributed by atoms with Crippen molar-refractivity contribution in [3.63, 3.8) is 0 Å². The zero-order chi connectivity index (χ0) is 28.5. The Morgan fingerprint density at radius 2 is 0.905 bits per heavy atom. The van der Waals surface area contributed by atoms with Gasteiger partial charge in [-0.3, -0.25) is 9.98 Å². The van der Waals surface area contributed by atoms with Gasteiger partial charge >= 0.3 is 0 Å². The third-order valence-corrected chi connectivity index (χ3v) is 7.89. The van der Waals surface area contributed by atoms with Crippen LogP contribution in [-0.2, 0) is 0 Å². The minimum absolute atomic E-state index is 0.809. The Hall–Kier alpha value is -4.66. The molecule has 2 N–H and O–H groups in total. The lowest BCUT2D eigenvalue weighted by Gasteiger charge is -1.99. The fraction of sp³-hybridized carbons (Fsp3) is 0. The average Bonchev–Trinajstić information content (AvgIpc) is 3.64. The standard InChI is InChI=1S/C34H22Br2N6/c35-25-9-1-21(2-10-25)19-37-27-13-15-29-31(17-27)41-33(39-29)23-5-7-24(8-6-23)34-40-30-16-14-28(18-32(30)42-34)38-20-22-3-11-26(36)12-4-22/h1-20H,(H,39,41)(H,40,42). The van der Waals surface area contributed by atoms with E-state index in [0.717, 1.165) is 76.3 Å². The maximum atomic E-state index is 4.79. The zero-order valence-corrected chi connectivity index (χ0v) is 25.3. The van der Waals surface area contributed by atoms with Crippen LogP contribution in [0.2, 0.25) is 0 Å². The number of nitrogens with zero attached hydrogens (tertiary/aromatic N) is 4. The van der Waals surface area contributed by atoms with E-state index in [9.17, 15) is 0 Å². The van der Waals surface area contributed by atoms with Crippen LogP contribution in [0.5, 0.6) is 0 Å². The number of aromatic nitrogens is 4. The highest BCUT2D eigenvalue weighted by molar-refractivity contribution is 9.10. The number of imidazole rings is 2. The largest absolute Gasteiger partial charge is 0.338 e. The summed E-state index contributed by atoms with van der Waals surface area (Å²) < 4.78 is 2.09. The molecule has 0 saturated carbocycles. The number of aliphatic imine (C=N–C) groups is 2. The van der Waals surface area contributed by atoms with E-state index in [2.05, 4.69) is 76.1 Å². The average molecular weight is 674 g/mol. The lowest BCUT2D eigenvalue weighted by molar-refractivity contribution is 1.32. The molecule has 2 aromatic heterocycles. The van der Waals surface area contributed by atoms with Crippen LogP contribution in [0.4, 0.5) is 11.4 Å². The number of nitrogens with one attached hydrogen (secondary N) is 2. The predicted octanol–water partition coefficient (Wildman–Crippen LogP) is 9.80. The van der Waals surface area contributed by atoms with Crippen molar-refractivity contribution in [2.24, 2.45) is 9.98 Å². The van der Waals surface area contributed by atoms with Crippen molar-refractivity contribution in [1.29, 1.82) is 0 Å². The summed E-state index contributed by atoms with van der Waals surface area (Å²) in [4.78, 5) is 25.7. The zero-order valence-electron chi connectivity index (χ0n) is 22.1. The molecule has 5 aromatic carbocycles. The Morgan fingerprint density at radius 3 is 1.31 bits per heavy atom. The second kappa shape index (κ2) is 11.3. The molecular weight excluding hydrogens is 652 g/mol. The molecule has 0 bridgehead atoms. The summed E-state index contributed by atoms with van der Waals surface area (Å²) in [5.74, 6) is 1.62. The Balaban J connectivity index is 1.09. The molecule has 0 aliphatic rings. The molecule has 0 atom stereocenters. The molecule has 0 aliphatic carbocycles. The van der Waals surface area contributed by atoms with Gasteiger partial charge in [0.1, 0.15) is 11.6 Å². The second-order valence-electron chi connectivity index (χ2n) is 9.77. The Bertz CT molecular complexity index is 1940. The number of rotatable bonds is 6. The van der Waals surface area contributed by atoms with Gasteiger partial charge in [0.2, 0.25) is 0 Å². The van der Waals surface area contributed by atoms with E-state index < -0.39 is 0 Å². The number of hydrogen-bond acceptors (Lipinski definition) is 4. The van der Waals surface area contributed by atoms with Gasteiger partial charge in [-0.1, -0.05) is 80.4 Å². The number of aromatic amines is 2. The van der Waals surface area contributed by atoms with Crippen molar-refractivity contribution in [3.8, 4) is 22.8 Å². The van der Waals surface area contributed by atoms with E-state index >= 15 is 0 Å². The second-order valence-corrected chi connectivity index (χ2v) is 11.6. The highest BCUT2D eigenvalue weighted by Crippen LogP contribution is 2.28. The fourth-order valence-corrected chi connectivity index (χ4v) is 5.14. The van der Waals surface area contributed by atoms with Crippen LogP contribution in [0.15, 0.2) is 128 Å². The van der Waals surface area contributed by atoms with E-state index in [1.807, 2.05) is 97.4 Å². The number of fused-ring (bicyclic) bond motifs is 2. The van der Waals surface area contributed by atoms with Crippen LogP contribution in [0.1, 0.15) is 11.1 Å². The predicted molar refractivity (Wildman–Crippen MR) is 179 cm³/mol. The first-order valence-corrected chi connectivity index (χ1v) is 14.8. The molecule has 0 radical (unpaired) electrons. The molecule has 6 nitrogen and oxygen atoms in total. The molecule has 7 rings (SSSR count). The van der Waals surface area contributed by atoms with Gasteiger partial charge in [-0.15, -0.1) is 0 Å². The summed E-state index contributed by atoms with van der Waals surface area (Å²) in [7, 11) is 0. The van der Waals surface area contributed by atoms with Crippen molar-refractivity contribution >= 4 is 77.7 Å². The molecule has 2 heterocycles. The van der Waals surface area contributed by atoms with Crippen LogP contribution in [-0.4, -0.2) is 32.4 Å². The third-order valence-electron chi connectivity index (χ3n) is 6.83. The molecular formula is C34H22Br2N6. The van der Waals surface area contributed by atoms with E-state index in [0.29, 0.717) is 0 Å². The first kappa shape index (κ1) is 26.3. The smallest absolute Gasteiger partial charge is 0.138 e. The molecule has 8 heteroatoms. The van der Waals surface area contributed by atoms with Crippen LogP contribution < -0.4 is 0 Å². The lowest BCUT2D eigenvalue weighted by atomic mass is 10.1. The van der Waals surface area contributed by atoms with Crippen molar-refractivity contribution in [2.75, 3.05) is 0 Å². The van der Waals surface area contributed by atoms with E-state index in [1.165, 1.54) is 0 Å². The normalized spacial score (nSPS) is 11.9. The Kier molecular flexibility index (Phi) is 7.07. The minimum atomic E-state index is 0.809. The Morgan fingerprint density at radius 1 is 0.500 bits per heavy atom. The summed E-state index contributed by atoms with van der Waals surface area (Å²) in [5, 5.41) is 0. The van der Waals surface area contributed by atoms with Gasteiger partial charge in [0, 0.05) is 32.5 Å². The summed E-state index contributed by atoms with van der Waals surface area (Å²) in [6.45, 7) is 0. The summed E-state index contributed by atoms with van der Waals surface area (Å²) in [5.41, 5.74) is 9.47. The third kappa shape index (κ3) is 5.72. The molecule has 0 saturated heterocycles. The number of H-pyrrole nitrogens is 2. The molecule has 202 valence electrons. The van der Waals surface area contributed by atoms with Crippen molar-refractivity contribution in [2.45, 2.75) is 0 Å². The van der Waals surface area contributed by atoms with Crippen molar-refractivity contribution in [1.82, 2.24) is 19.9 Å². The number of hydrogen-bond donors (Lipinski definition) is 2. The minimum Gasteiger partial charge on any atom is -0.338 e. The van der Waals surface area contributed by atoms with E-state index in [1.54, 1.807) is 0 Å². The van der Waals surface area contributed by atoms with Gasteiger partial charge in [0.05, 0.1) is 33.4 Å². The molecule has 0 amide bonds. The van der Waals surface area contributed by atoms with Crippen LogP contribution in [0.3, 0.4) is 0 Å². The fourth-order valence-electron chi connectivity index (χ4n) is 4.61. The van der Waals surface area contributed by atoms with Gasteiger partial charge in [-0.2, -0.15) is 0 Å². The maximum absolute atomic E-state index is 4.79. The number of halogens is 2. The monoisotopic (exact) mass is 672 g/mol. The van der Waals surface area contributed by atoms with Gasteiger partial charge in [0.25, 0.3) is 0 Å². The molecule has 42 heavy (non-hydrogen) atoms.